The van der Waals surface area contributed by atoms with E-state index in [9.17, 15) is 13.6 Å². The molecular formula is C19H22F2N2O. The molecule has 3 nitrogen and oxygen atoms in total. The monoisotopic (exact) mass is 332 g/mol. The lowest BCUT2D eigenvalue weighted by Gasteiger charge is -2.24. The van der Waals surface area contributed by atoms with E-state index in [2.05, 4.69) is 5.32 Å². The van der Waals surface area contributed by atoms with Crippen molar-refractivity contribution in [2.45, 2.75) is 33.0 Å². The molecule has 0 fully saturated rings. The third-order valence-corrected chi connectivity index (χ3v) is 4.06. The van der Waals surface area contributed by atoms with Crippen LogP contribution in [0.4, 0.5) is 8.78 Å². The highest BCUT2D eigenvalue weighted by atomic mass is 19.1. The zero-order chi connectivity index (χ0) is 17.7. The van der Waals surface area contributed by atoms with E-state index in [1.165, 1.54) is 17.7 Å². The van der Waals surface area contributed by atoms with Crippen LogP contribution in [0, 0.1) is 18.6 Å². The summed E-state index contributed by atoms with van der Waals surface area (Å²) in [5.74, 6) is -1.35. The van der Waals surface area contributed by atoms with Gasteiger partial charge in [0.2, 0.25) is 5.91 Å². The fourth-order valence-electron chi connectivity index (χ4n) is 2.30. The van der Waals surface area contributed by atoms with Crippen LogP contribution in [0.5, 0.6) is 0 Å². The van der Waals surface area contributed by atoms with E-state index in [0.29, 0.717) is 12.1 Å². The van der Waals surface area contributed by atoms with E-state index in [-0.39, 0.29) is 12.5 Å². The molecule has 5 heteroatoms. The van der Waals surface area contributed by atoms with Crippen LogP contribution >= 0.6 is 0 Å². The van der Waals surface area contributed by atoms with Gasteiger partial charge in [0.15, 0.2) is 0 Å². The Labute approximate surface area is 141 Å². The van der Waals surface area contributed by atoms with Gasteiger partial charge in [-0.15, -0.1) is 0 Å². The summed E-state index contributed by atoms with van der Waals surface area (Å²) in [5, 5.41) is 2.87. The normalized spacial score (nSPS) is 12.2. The van der Waals surface area contributed by atoms with Crippen molar-refractivity contribution in [3.63, 3.8) is 0 Å². The van der Waals surface area contributed by atoms with Gasteiger partial charge in [-0.1, -0.05) is 35.9 Å². The van der Waals surface area contributed by atoms with Crippen LogP contribution in [0.1, 0.15) is 23.6 Å². The standard InChI is InChI=1S/C19H22F2N2O/c1-13-4-6-15(7-5-13)11-22-19(24)14(2)23(3)12-16-8-9-17(20)10-18(16)21/h4-10,14H,11-12H2,1-3H3,(H,22,24)/t14-/m1/s1. The topological polar surface area (TPSA) is 32.3 Å². The molecule has 0 aromatic heterocycles. The highest BCUT2D eigenvalue weighted by Gasteiger charge is 2.19. The number of nitrogens with one attached hydrogen (secondary N) is 1. The van der Waals surface area contributed by atoms with Gasteiger partial charge < -0.3 is 5.32 Å². The van der Waals surface area contributed by atoms with Crippen molar-refractivity contribution < 1.29 is 13.6 Å². The van der Waals surface area contributed by atoms with Crippen molar-refractivity contribution in [1.29, 1.82) is 0 Å². The van der Waals surface area contributed by atoms with Crippen LogP contribution in [0.15, 0.2) is 42.5 Å². The van der Waals surface area contributed by atoms with E-state index >= 15 is 0 Å². The number of carbonyl (C=O) groups excluding carboxylic acids is 1. The number of amides is 1. The van der Waals surface area contributed by atoms with Crippen LogP contribution in [0.25, 0.3) is 0 Å². The molecule has 2 aromatic rings. The van der Waals surface area contributed by atoms with E-state index in [1.54, 1.807) is 18.9 Å². The largest absolute Gasteiger partial charge is 0.351 e. The average molecular weight is 332 g/mol. The molecule has 0 radical (unpaired) electrons. The minimum atomic E-state index is -0.609. The smallest absolute Gasteiger partial charge is 0.237 e. The molecule has 128 valence electrons. The molecule has 0 aliphatic heterocycles. The van der Waals surface area contributed by atoms with Crippen molar-refractivity contribution in [3.8, 4) is 0 Å². The van der Waals surface area contributed by atoms with Crippen LogP contribution in [-0.4, -0.2) is 23.9 Å². The summed E-state index contributed by atoms with van der Waals surface area (Å²) in [7, 11) is 1.74. The molecule has 0 bridgehead atoms. The summed E-state index contributed by atoms with van der Waals surface area (Å²) in [4.78, 5) is 14.0. The quantitative estimate of drug-likeness (QED) is 0.879. The minimum Gasteiger partial charge on any atom is -0.351 e. The molecule has 0 unspecified atom stereocenters. The highest BCUT2D eigenvalue weighted by Crippen LogP contribution is 2.13. The molecule has 1 atom stereocenters. The maximum atomic E-state index is 13.7. The molecule has 1 N–H and O–H groups in total. The number of nitrogens with zero attached hydrogens (tertiary/aromatic N) is 1. The third-order valence-electron chi connectivity index (χ3n) is 4.06. The maximum absolute atomic E-state index is 13.7. The zero-order valence-corrected chi connectivity index (χ0v) is 14.1. The van der Waals surface area contributed by atoms with E-state index in [1.807, 2.05) is 31.2 Å². The lowest BCUT2D eigenvalue weighted by molar-refractivity contribution is -0.125. The number of benzene rings is 2. The summed E-state index contributed by atoms with van der Waals surface area (Å²) < 4.78 is 26.7. The van der Waals surface area contributed by atoms with Gasteiger partial charge in [-0.25, -0.2) is 8.78 Å². The average Bonchev–Trinajstić information content (AvgIpc) is 2.55. The van der Waals surface area contributed by atoms with Crippen molar-refractivity contribution in [3.05, 3.63) is 70.8 Å². The molecular weight excluding hydrogens is 310 g/mol. The zero-order valence-electron chi connectivity index (χ0n) is 14.1. The van der Waals surface area contributed by atoms with E-state index in [4.69, 9.17) is 0 Å². The Morgan fingerprint density at radius 1 is 1.17 bits per heavy atom. The van der Waals surface area contributed by atoms with Crippen molar-refractivity contribution in [2.75, 3.05) is 7.05 Å². The second kappa shape index (κ2) is 8.02. The van der Waals surface area contributed by atoms with Gasteiger partial charge in [0.1, 0.15) is 11.6 Å². The van der Waals surface area contributed by atoms with Crippen LogP contribution in [-0.2, 0) is 17.9 Å². The van der Waals surface area contributed by atoms with Crippen LogP contribution in [0.3, 0.4) is 0 Å². The minimum absolute atomic E-state index is 0.138. The van der Waals surface area contributed by atoms with Gasteiger partial charge in [-0.2, -0.15) is 0 Å². The molecule has 1 amide bonds. The first-order valence-corrected chi connectivity index (χ1v) is 7.84. The fraction of sp³-hybridized carbons (Fsp3) is 0.316. The predicted octanol–water partition coefficient (Wildman–Crippen LogP) is 3.41. The second-order valence-corrected chi connectivity index (χ2v) is 6.03. The summed E-state index contributed by atoms with van der Waals surface area (Å²) in [6.45, 7) is 4.44. The molecule has 24 heavy (non-hydrogen) atoms. The summed E-state index contributed by atoms with van der Waals surface area (Å²) in [6, 6.07) is 11.0. The first kappa shape index (κ1) is 18.1. The Bertz CT molecular complexity index is 701. The second-order valence-electron chi connectivity index (χ2n) is 6.03. The lowest BCUT2D eigenvalue weighted by Crippen LogP contribution is -2.42. The van der Waals surface area contributed by atoms with Gasteiger partial charge in [-0.3, -0.25) is 9.69 Å². The van der Waals surface area contributed by atoms with Crippen molar-refractivity contribution in [1.82, 2.24) is 10.2 Å². The Balaban J connectivity index is 1.90. The van der Waals surface area contributed by atoms with Gasteiger partial charge >= 0.3 is 0 Å². The van der Waals surface area contributed by atoms with Crippen molar-refractivity contribution in [2.24, 2.45) is 0 Å². The van der Waals surface area contributed by atoms with Gasteiger partial charge in [0.05, 0.1) is 6.04 Å². The molecule has 2 aromatic carbocycles. The van der Waals surface area contributed by atoms with Crippen molar-refractivity contribution >= 4 is 5.91 Å². The first-order valence-electron chi connectivity index (χ1n) is 7.84. The Morgan fingerprint density at radius 2 is 1.83 bits per heavy atom. The maximum Gasteiger partial charge on any atom is 0.237 e. The molecule has 0 saturated heterocycles. The summed E-state index contributed by atoms with van der Waals surface area (Å²) >= 11 is 0. The molecule has 2 rings (SSSR count). The third kappa shape index (κ3) is 4.86. The summed E-state index contributed by atoms with van der Waals surface area (Å²) in [5.41, 5.74) is 2.55. The van der Waals surface area contributed by atoms with Gasteiger partial charge in [-0.05, 0) is 32.5 Å². The molecule has 0 aliphatic rings. The number of likely N-dealkylation sites (N-methyl/N-ethyl adjacent to an activating group) is 1. The highest BCUT2D eigenvalue weighted by molar-refractivity contribution is 5.81. The lowest BCUT2D eigenvalue weighted by atomic mass is 10.1. The predicted molar refractivity (Wildman–Crippen MR) is 90.3 cm³/mol. The number of rotatable bonds is 6. The van der Waals surface area contributed by atoms with E-state index < -0.39 is 17.7 Å². The Hall–Kier alpha value is -2.27. The summed E-state index contributed by atoms with van der Waals surface area (Å²) in [6.07, 6.45) is 0. The van der Waals surface area contributed by atoms with Gasteiger partial charge in [0, 0.05) is 24.7 Å². The first-order chi connectivity index (χ1) is 11.4. The van der Waals surface area contributed by atoms with Crippen LogP contribution in [0.2, 0.25) is 0 Å². The van der Waals surface area contributed by atoms with Crippen LogP contribution < -0.4 is 5.32 Å². The Kier molecular flexibility index (Phi) is 6.04. The van der Waals surface area contributed by atoms with Gasteiger partial charge in [0.25, 0.3) is 0 Å². The fourth-order valence-corrected chi connectivity index (χ4v) is 2.30. The molecule has 0 spiro atoms. The number of carbonyl (C=O) groups is 1. The number of hydrogen-bond acceptors (Lipinski definition) is 2. The SMILES string of the molecule is Cc1ccc(CNC(=O)[C@@H](C)N(C)Cc2ccc(F)cc2F)cc1. The number of aryl methyl sites for hydroxylation is 1. The number of hydrogen-bond donors (Lipinski definition) is 1. The Morgan fingerprint density at radius 3 is 2.46 bits per heavy atom. The number of halogens is 2. The molecule has 0 heterocycles. The van der Waals surface area contributed by atoms with E-state index in [0.717, 1.165) is 11.6 Å². The molecule has 0 aliphatic carbocycles. The molecule has 0 saturated carbocycles.